The van der Waals surface area contributed by atoms with Crippen molar-refractivity contribution in [2.45, 2.75) is 67.7 Å². The molecular weight excluding hydrogens is 730 g/mol. The van der Waals surface area contributed by atoms with Gasteiger partial charge in [0.25, 0.3) is 0 Å². The van der Waals surface area contributed by atoms with E-state index in [1.54, 1.807) is 0 Å². The van der Waals surface area contributed by atoms with Crippen LogP contribution in [-0.2, 0) is 53.8 Å². The Kier molecular flexibility index (Phi) is 21.4. The number of ether oxygens (including phenoxy) is 6. The minimum Gasteiger partial charge on any atom is -0.457 e. The number of hydrogen-bond acceptors (Lipinski definition) is 10. The highest BCUT2D eigenvalue weighted by Crippen LogP contribution is 2.49. The zero-order chi connectivity index (χ0) is 36.9. The zero-order valence-corrected chi connectivity index (χ0v) is 25.9. The molecule has 0 spiro atoms. The van der Waals surface area contributed by atoms with Crippen LogP contribution in [0.25, 0.3) is 0 Å². The van der Waals surface area contributed by atoms with Crippen molar-refractivity contribution in [2.75, 3.05) is 13.6 Å². The molecule has 0 N–H and O–H groups in total. The highest BCUT2D eigenvalue weighted by Gasteiger charge is 2.49. The van der Waals surface area contributed by atoms with Gasteiger partial charge in [-0.05, 0) is 60.4 Å². The summed E-state index contributed by atoms with van der Waals surface area (Å²) in [6.45, 7) is 5.65. The molecule has 0 aliphatic carbocycles. The molecule has 0 amide bonds. The number of esters is 4. The second kappa shape index (κ2) is 23.0. The molecule has 3 rings (SSSR count). The molecule has 0 fully saturated rings. The molecule has 0 saturated heterocycles. The van der Waals surface area contributed by atoms with Crippen molar-refractivity contribution >= 4 is 23.9 Å². The minimum atomic E-state index is -5.67. The topological polar surface area (TPSA) is 124 Å². The van der Waals surface area contributed by atoms with E-state index >= 15 is 0 Å². The lowest BCUT2D eigenvalue weighted by Crippen LogP contribution is -2.22. The second-order valence-corrected chi connectivity index (χ2v) is 9.90. The summed E-state index contributed by atoms with van der Waals surface area (Å²) in [5.41, 5.74) is -3.67. The van der Waals surface area contributed by atoms with E-state index in [1.807, 2.05) is 0 Å². The quantitative estimate of drug-likeness (QED) is 0.0457. The Morgan fingerprint density at radius 3 is 1.13 bits per heavy atom. The number of rotatable bonds is 16. The number of hydrogen-bond donors (Lipinski definition) is 0. The Bertz CT molecular complexity index is 1560. The van der Waals surface area contributed by atoms with Crippen molar-refractivity contribution in [2.24, 2.45) is 0 Å². The van der Waals surface area contributed by atoms with Crippen LogP contribution in [0, 0.1) is 0 Å². The van der Waals surface area contributed by atoms with E-state index in [1.165, 1.54) is 48.5 Å². The molecule has 0 heterocycles. The van der Waals surface area contributed by atoms with E-state index in [9.17, 15) is 45.5 Å². The van der Waals surface area contributed by atoms with Crippen molar-refractivity contribution in [3.8, 4) is 23.0 Å². The van der Waals surface area contributed by atoms with Gasteiger partial charge in [0.1, 0.15) is 34.1 Å². The molecule has 0 radical (unpaired) electrons. The molecule has 0 aliphatic rings. The zero-order valence-electron chi connectivity index (χ0n) is 25.9. The van der Waals surface area contributed by atoms with Gasteiger partial charge in [0.15, 0.2) is 0 Å². The molecule has 54 heavy (non-hydrogen) atoms. The first-order chi connectivity index (χ1) is 23.6. The first-order valence-electron chi connectivity index (χ1n) is 14.3. The maximum atomic E-state index is 14.1. The molecule has 3 aromatic rings. The molecule has 0 bridgehead atoms. The monoisotopic (exact) mass is 774 g/mol. The third-order valence-corrected chi connectivity index (χ3v) is 6.41. The Morgan fingerprint density at radius 2 is 0.852 bits per heavy atom. The van der Waals surface area contributed by atoms with Gasteiger partial charge in [0, 0.05) is 25.0 Å². The van der Waals surface area contributed by atoms with Gasteiger partial charge in [-0.15, -0.1) is 0 Å². The van der Waals surface area contributed by atoms with Crippen LogP contribution in [-0.4, -0.2) is 37.5 Å². The number of aryl methyl sites for hydroxylation is 2. The molecule has 0 aromatic heterocycles. The van der Waals surface area contributed by atoms with Crippen LogP contribution in [0.4, 0.5) is 26.3 Å². The summed E-state index contributed by atoms with van der Waals surface area (Å²) < 4.78 is 114. The third kappa shape index (κ3) is 15.8. The van der Waals surface area contributed by atoms with Crippen LogP contribution in [0.3, 0.4) is 0 Å². The van der Waals surface area contributed by atoms with Crippen molar-refractivity contribution in [3.05, 3.63) is 108 Å². The van der Waals surface area contributed by atoms with Crippen LogP contribution in [0.2, 0.25) is 0 Å². The third-order valence-electron chi connectivity index (χ3n) is 6.41. The molecule has 298 valence electrons. The Labute approximate surface area is 310 Å². The predicted octanol–water partition coefficient (Wildman–Crippen LogP) is 9.48. The van der Waals surface area contributed by atoms with E-state index in [4.69, 9.17) is 18.9 Å². The second-order valence-electron chi connectivity index (χ2n) is 9.90. The fourth-order valence-electron chi connectivity index (χ4n) is 4.07. The maximum absolute atomic E-state index is 14.1. The lowest BCUT2D eigenvalue weighted by atomic mass is 10.0. The number of halogens is 6. The van der Waals surface area contributed by atoms with E-state index in [-0.39, 0.29) is 54.0 Å². The highest BCUT2D eigenvalue weighted by atomic mass is 19.4. The van der Waals surface area contributed by atoms with Crippen LogP contribution in [0.1, 0.15) is 64.8 Å². The maximum Gasteiger partial charge on any atom is 0.420 e. The SMILES string of the molecule is C.C.C.C.C=CC(=O)OCOc1ccc(CCC(=O)Oc2ccc(OC(=O)CCc3ccc(OCOC(=O)C=C)cc3)c(C(F)(F)F)c2C(F)(F)F)cc1. The van der Waals surface area contributed by atoms with Crippen molar-refractivity contribution in [1.29, 1.82) is 0 Å². The summed E-state index contributed by atoms with van der Waals surface area (Å²) in [6.07, 6.45) is -10.6. The van der Waals surface area contributed by atoms with Crippen molar-refractivity contribution in [3.63, 3.8) is 0 Å². The average molecular weight is 775 g/mol. The van der Waals surface area contributed by atoms with E-state index in [0.29, 0.717) is 23.3 Å². The molecule has 3 aromatic carbocycles. The predicted molar refractivity (Wildman–Crippen MR) is 188 cm³/mol. The summed E-state index contributed by atoms with van der Waals surface area (Å²) >= 11 is 0. The summed E-state index contributed by atoms with van der Waals surface area (Å²) in [7, 11) is 0. The Morgan fingerprint density at radius 1 is 0.537 bits per heavy atom. The number of alkyl halides is 6. The molecule has 16 heteroatoms. The first kappa shape index (κ1) is 50.3. The van der Waals surface area contributed by atoms with Gasteiger partial charge in [0.05, 0.1) is 0 Å². The summed E-state index contributed by atoms with van der Waals surface area (Å²) in [4.78, 5) is 47.0. The van der Waals surface area contributed by atoms with Gasteiger partial charge >= 0.3 is 36.2 Å². The molecule has 0 aliphatic heterocycles. The van der Waals surface area contributed by atoms with Gasteiger partial charge in [-0.3, -0.25) is 9.59 Å². The number of carbonyl (C=O) groups excluding carboxylic acids is 4. The van der Waals surface area contributed by atoms with Gasteiger partial charge in [-0.2, -0.15) is 26.3 Å². The first-order valence-corrected chi connectivity index (χ1v) is 14.3. The Hall–Kier alpha value is -5.80. The summed E-state index contributed by atoms with van der Waals surface area (Å²) in [6, 6.07) is 12.8. The lowest BCUT2D eigenvalue weighted by Gasteiger charge is -2.21. The molecule has 0 unspecified atom stereocenters. The number of benzene rings is 3. The van der Waals surface area contributed by atoms with Gasteiger partial charge in [0.2, 0.25) is 13.6 Å². The van der Waals surface area contributed by atoms with Crippen LogP contribution in [0.5, 0.6) is 23.0 Å². The minimum absolute atomic E-state index is 0. The van der Waals surface area contributed by atoms with Crippen LogP contribution < -0.4 is 18.9 Å². The van der Waals surface area contributed by atoms with E-state index < -0.39 is 85.3 Å². The van der Waals surface area contributed by atoms with Gasteiger partial charge in [-0.25, -0.2) is 9.59 Å². The summed E-state index contributed by atoms with van der Waals surface area (Å²) in [5, 5.41) is 0. The van der Waals surface area contributed by atoms with Crippen molar-refractivity contribution < 1.29 is 73.9 Å². The molecule has 10 nitrogen and oxygen atoms in total. The fraction of sp³-hybridized carbons (Fsp3) is 0.316. The van der Waals surface area contributed by atoms with E-state index in [0.717, 1.165) is 12.2 Å². The van der Waals surface area contributed by atoms with Crippen LogP contribution >= 0.6 is 0 Å². The number of carbonyl (C=O) groups is 4. The molecule has 0 saturated carbocycles. The average Bonchev–Trinajstić information content (AvgIpc) is 3.06. The van der Waals surface area contributed by atoms with Gasteiger partial charge < -0.3 is 28.4 Å². The smallest absolute Gasteiger partial charge is 0.420 e. The summed E-state index contributed by atoms with van der Waals surface area (Å²) in [5.74, 6) is -6.21. The van der Waals surface area contributed by atoms with Gasteiger partial charge in [-0.1, -0.05) is 67.1 Å². The highest BCUT2D eigenvalue weighted by molar-refractivity contribution is 5.81. The van der Waals surface area contributed by atoms with Crippen LogP contribution in [0.15, 0.2) is 86.0 Å². The standard InChI is InChI=1S/C34H28F6O10.4CH4/c1-3-27(41)47-19-45-23-11-5-21(6-12-23)9-17-29(43)49-25-15-16-26(32(34(38,39)40)31(25)33(35,36)37)50-30(44)18-10-22-7-13-24(14-8-22)46-20-48-28(42)4-2;;;;/h3-8,11-16H,1-2,9-10,17-20H2;4*1H4. The fourth-order valence-corrected chi connectivity index (χ4v) is 4.07. The largest absolute Gasteiger partial charge is 0.457 e. The lowest BCUT2D eigenvalue weighted by molar-refractivity contribution is -0.165. The normalized spacial score (nSPS) is 10.3. The molecular formula is C38H44F6O10. The van der Waals surface area contributed by atoms with E-state index in [2.05, 4.69) is 22.6 Å². The Balaban J connectivity index is 0. The molecule has 0 atom stereocenters. The van der Waals surface area contributed by atoms with Crippen molar-refractivity contribution in [1.82, 2.24) is 0 Å².